The van der Waals surface area contributed by atoms with Gasteiger partial charge in [-0.05, 0) is 24.1 Å². The van der Waals surface area contributed by atoms with E-state index in [0.717, 1.165) is 12.1 Å². The molecular formula is C11H11F3O. The number of benzene rings is 1. The lowest BCUT2D eigenvalue weighted by atomic mass is 10.0. The fourth-order valence-corrected chi connectivity index (χ4v) is 1.14. The number of aliphatic hydroxyl groups excluding tert-OH is 1. The van der Waals surface area contributed by atoms with E-state index in [2.05, 4.69) is 0 Å². The summed E-state index contributed by atoms with van der Waals surface area (Å²) in [6, 6.07) is 4.17. The molecule has 82 valence electrons. The molecule has 1 nitrogen and oxygen atoms in total. The monoisotopic (exact) mass is 218 g/mol. The Hall–Kier alpha value is -1.29. The van der Waals surface area contributed by atoms with E-state index in [1.54, 1.807) is 0 Å². The van der Waals surface area contributed by atoms with Crippen molar-refractivity contribution in [2.45, 2.75) is 18.7 Å². The van der Waals surface area contributed by atoms with Gasteiger partial charge in [0.1, 0.15) is 0 Å². The molecule has 1 atom stereocenters. The van der Waals surface area contributed by atoms with Gasteiger partial charge in [-0.25, -0.2) is 0 Å². The second kappa shape index (κ2) is 4.49. The van der Waals surface area contributed by atoms with E-state index in [1.165, 1.54) is 18.2 Å². The first-order valence-electron chi connectivity index (χ1n) is 5.29. The van der Waals surface area contributed by atoms with E-state index < -0.39 is 24.4 Å². The minimum atomic E-state index is -4.39. The molecule has 4 heteroatoms. The van der Waals surface area contributed by atoms with Crippen molar-refractivity contribution < 1.29 is 21.0 Å². The Balaban J connectivity index is 2.77. The average Bonchev–Trinajstić information content (AvgIpc) is 2.25. The highest BCUT2D eigenvalue weighted by Gasteiger charge is 2.30. The third kappa shape index (κ3) is 3.09. The molecule has 1 rings (SSSR count). The van der Waals surface area contributed by atoms with Crippen molar-refractivity contribution >= 4 is 0 Å². The van der Waals surface area contributed by atoms with Crippen LogP contribution in [-0.2, 0) is 6.18 Å². The Labute approximate surface area is 88.7 Å². The predicted octanol–water partition coefficient (Wildman–Crippen LogP) is 3.31. The fourth-order valence-electron chi connectivity index (χ4n) is 1.14. The smallest absolute Gasteiger partial charge is 0.388 e. The molecule has 1 aromatic rings. The Morgan fingerprint density at radius 1 is 1.40 bits per heavy atom. The lowest BCUT2D eigenvalue weighted by Crippen LogP contribution is -2.05. The SMILES string of the molecule is [2H]C([2H])=CCC(O)c1ccc(C(F)(F)F)cc1. The molecule has 0 aliphatic rings. The fraction of sp³-hybridized carbons (Fsp3) is 0.273. The summed E-state index contributed by atoms with van der Waals surface area (Å²) in [5.74, 6) is 0. The van der Waals surface area contributed by atoms with E-state index in [0.29, 0.717) is 5.56 Å². The van der Waals surface area contributed by atoms with E-state index in [9.17, 15) is 18.3 Å². The lowest BCUT2D eigenvalue weighted by molar-refractivity contribution is -0.137. The van der Waals surface area contributed by atoms with Gasteiger partial charge in [-0.1, -0.05) is 18.2 Å². The summed E-state index contributed by atoms with van der Waals surface area (Å²) in [6.45, 7) is -0.434. The van der Waals surface area contributed by atoms with E-state index in [1.807, 2.05) is 0 Å². The molecule has 0 aromatic heterocycles. The largest absolute Gasteiger partial charge is 0.416 e. The molecule has 0 aliphatic heterocycles. The summed E-state index contributed by atoms with van der Waals surface area (Å²) >= 11 is 0. The van der Waals surface area contributed by atoms with Crippen molar-refractivity contribution in [3.63, 3.8) is 0 Å². The maximum atomic E-state index is 12.3. The second-order valence-electron chi connectivity index (χ2n) is 3.08. The number of rotatable bonds is 3. The van der Waals surface area contributed by atoms with Crippen LogP contribution >= 0.6 is 0 Å². The van der Waals surface area contributed by atoms with Crippen LogP contribution in [0.2, 0.25) is 0 Å². The maximum Gasteiger partial charge on any atom is 0.416 e. The first-order chi connectivity index (χ1) is 7.80. The summed E-state index contributed by atoms with van der Waals surface area (Å²) in [5, 5.41) is 9.57. The van der Waals surface area contributed by atoms with Crippen molar-refractivity contribution in [2.24, 2.45) is 0 Å². The molecule has 0 aliphatic carbocycles. The number of halogens is 3. The Morgan fingerprint density at radius 2 is 2.00 bits per heavy atom. The molecule has 0 radical (unpaired) electrons. The van der Waals surface area contributed by atoms with Gasteiger partial charge in [0.15, 0.2) is 0 Å². The van der Waals surface area contributed by atoms with Crippen LogP contribution < -0.4 is 0 Å². The topological polar surface area (TPSA) is 20.2 Å². The standard InChI is InChI=1S/C11H11F3O/c1-2-3-10(15)8-4-6-9(7-5-8)11(12,13)14/h2,4-7,10,15H,1,3H2/i1D2. The van der Waals surface area contributed by atoms with Crippen LogP contribution in [0.15, 0.2) is 36.9 Å². The quantitative estimate of drug-likeness (QED) is 0.771. The minimum Gasteiger partial charge on any atom is -0.388 e. The Kier molecular flexibility index (Phi) is 2.68. The van der Waals surface area contributed by atoms with Crippen molar-refractivity contribution in [1.29, 1.82) is 0 Å². The third-order valence-corrected chi connectivity index (χ3v) is 1.96. The first-order valence-corrected chi connectivity index (χ1v) is 4.29. The van der Waals surface area contributed by atoms with Crippen molar-refractivity contribution in [2.75, 3.05) is 0 Å². The van der Waals surface area contributed by atoms with Gasteiger partial charge in [-0.15, -0.1) is 6.53 Å². The Morgan fingerprint density at radius 3 is 2.47 bits per heavy atom. The number of aliphatic hydroxyl groups is 1. The van der Waals surface area contributed by atoms with Gasteiger partial charge in [-0.3, -0.25) is 0 Å². The first kappa shape index (κ1) is 8.97. The van der Waals surface area contributed by atoms with Crippen LogP contribution in [0.25, 0.3) is 0 Å². The van der Waals surface area contributed by atoms with Gasteiger partial charge < -0.3 is 5.11 Å². The number of hydrogen-bond donors (Lipinski definition) is 1. The lowest BCUT2D eigenvalue weighted by Gasteiger charge is -2.10. The summed E-state index contributed by atoms with van der Waals surface area (Å²) in [7, 11) is 0. The van der Waals surface area contributed by atoms with Crippen molar-refractivity contribution in [3.05, 3.63) is 48.0 Å². The molecule has 0 heterocycles. The minimum absolute atomic E-state index is 0.0354. The van der Waals surface area contributed by atoms with Gasteiger partial charge in [-0.2, -0.15) is 13.2 Å². The molecule has 0 fully saturated rings. The highest BCUT2D eigenvalue weighted by molar-refractivity contribution is 5.26. The summed E-state index contributed by atoms with van der Waals surface area (Å²) < 4.78 is 50.4. The average molecular weight is 218 g/mol. The molecule has 1 aromatic carbocycles. The van der Waals surface area contributed by atoms with Crippen LogP contribution in [0.1, 0.15) is 26.4 Å². The van der Waals surface area contributed by atoms with Gasteiger partial charge in [0.25, 0.3) is 0 Å². The highest BCUT2D eigenvalue weighted by Crippen LogP contribution is 2.30. The predicted molar refractivity (Wildman–Crippen MR) is 51.2 cm³/mol. The van der Waals surface area contributed by atoms with Gasteiger partial charge in [0.05, 0.1) is 14.4 Å². The molecular weight excluding hydrogens is 205 g/mol. The summed E-state index contributed by atoms with van der Waals surface area (Å²) in [6.07, 6.45) is -4.17. The summed E-state index contributed by atoms with van der Waals surface area (Å²) in [4.78, 5) is 0. The maximum absolute atomic E-state index is 12.3. The molecule has 0 amide bonds. The molecule has 0 spiro atoms. The molecule has 1 unspecified atom stereocenters. The van der Waals surface area contributed by atoms with Crippen LogP contribution in [0.4, 0.5) is 13.2 Å². The highest BCUT2D eigenvalue weighted by atomic mass is 19.4. The van der Waals surface area contributed by atoms with Crippen molar-refractivity contribution in [3.8, 4) is 0 Å². The zero-order valence-electron chi connectivity index (χ0n) is 9.75. The molecule has 15 heavy (non-hydrogen) atoms. The van der Waals surface area contributed by atoms with Crippen LogP contribution in [0, 0.1) is 0 Å². The van der Waals surface area contributed by atoms with Crippen molar-refractivity contribution in [1.82, 2.24) is 0 Å². The zero-order valence-corrected chi connectivity index (χ0v) is 7.75. The van der Waals surface area contributed by atoms with E-state index >= 15 is 0 Å². The van der Waals surface area contributed by atoms with Gasteiger partial charge >= 0.3 is 6.18 Å². The van der Waals surface area contributed by atoms with Crippen LogP contribution in [-0.4, -0.2) is 5.11 Å². The molecule has 1 N–H and O–H groups in total. The normalized spacial score (nSPS) is 15.2. The van der Waals surface area contributed by atoms with E-state index in [4.69, 9.17) is 2.74 Å². The second-order valence-corrected chi connectivity index (χ2v) is 3.08. The molecule has 0 saturated carbocycles. The number of alkyl halides is 3. The summed E-state index contributed by atoms with van der Waals surface area (Å²) in [5.41, 5.74) is -0.443. The van der Waals surface area contributed by atoms with E-state index in [-0.39, 0.29) is 6.42 Å². The van der Waals surface area contributed by atoms with Gasteiger partial charge in [0, 0.05) is 0 Å². The Bertz CT molecular complexity index is 394. The number of hydrogen-bond acceptors (Lipinski definition) is 1. The molecule has 0 saturated heterocycles. The zero-order chi connectivity index (χ0) is 13.1. The van der Waals surface area contributed by atoms with Crippen LogP contribution in [0.5, 0.6) is 0 Å². The molecule has 0 bridgehead atoms. The third-order valence-electron chi connectivity index (χ3n) is 1.96. The van der Waals surface area contributed by atoms with Gasteiger partial charge in [0.2, 0.25) is 0 Å². The van der Waals surface area contributed by atoms with Crippen LogP contribution in [0.3, 0.4) is 0 Å².